The number of aryl methyl sites for hydroxylation is 1. The molecule has 0 aromatic heterocycles. The van der Waals surface area contributed by atoms with Crippen molar-refractivity contribution in [2.45, 2.75) is 17.9 Å². The van der Waals surface area contributed by atoms with Crippen LogP contribution in [0.3, 0.4) is 0 Å². The van der Waals surface area contributed by atoms with Gasteiger partial charge in [0.2, 0.25) is 10.0 Å². The third-order valence-electron chi connectivity index (χ3n) is 3.39. The molecular weight excluding hydrogens is 310 g/mol. The summed E-state index contributed by atoms with van der Waals surface area (Å²) < 4.78 is 37.3. The molecular formula is C14H19NO6S. The van der Waals surface area contributed by atoms with Crippen LogP contribution in [0, 0.1) is 6.92 Å². The van der Waals surface area contributed by atoms with Gasteiger partial charge >= 0.3 is 5.97 Å². The topological polar surface area (TPSA) is 93.1 Å². The molecule has 0 spiro atoms. The Bertz CT molecular complexity index is 630. The number of carboxylic acid groups (broad SMARTS) is 1. The molecule has 1 aromatic carbocycles. The van der Waals surface area contributed by atoms with Gasteiger partial charge in [-0.3, -0.25) is 0 Å². The van der Waals surface area contributed by atoms with E-state index >= 15 is 0 Å². The Balaban J connectivity index is 2.19. The third-order valence-corrected chi connectivity index (χ3v) is 5.50. The van der Waals surface area contributed by atoms with Crippen molar-refractivity contribution in [2.75, 3.05) is 33.0 Å². The predicted molar refractivity (Wildman–Crippen MR) is 78.1 cm³/mol. The van der Waals surface area contributed by atoms with Crippen LogP contribution in [0.4, 0.5) is 0 Å². The van der Waals surface area contributed by atoms with Crippen molar-refractivity contribution in [3.05, 3.63) is 29.8 Å². The van der Waals surface area contributed by atoms with Crippen LogP contribution >= 0.6 is 0 Å². The van der Waals surface area contributed by atoms with Crippen LogP contribution < -0.4 is 0 Å². The molecule has 0 radical (unpaired) electrons. The molecule has 1 atom stereocenters. The average Bonchev–Trinajstić information content (AvgIpc) is 2.47. The second kappa shape index (κ2) is 7.19. The van der Waals surface area contributed by atoms with E-state index in [2.05, 4.69) is 0 Å². The molecule has 1 aromatic rings. The fourth-order valence-electron chi connectivity index (χ4n) is 2.34. The molecule has 1 N–H and O–H groups in total. The lowest BCUT2D eigenvalue weighted by atomic mass is 10.2. The Hall–Kier alpha value is -1.48. The maximum Gasteiger partial charge on any atom is 0.329 e. The zero-order valence-electron chi connectivity index (χ0n) is 12.3. The average molecular weight is 329 g/mol. The fraction of sp³-hybridized carbons (Fsp3) is 0.500. The molecule has 7 nitrogen and oxygen atoms in total. The summed E-state index contributed by atoms with van der Waals surface area (Å²) >= 11 is 0. The SMILES string of the molecule is Cc1ccccc1S(=O)(=O)N1CCOC[C@H]1COCC(=O)O. The number of benzene rings is 1. The monoisotopic (exact) mass is 329 g/mol. The molecule has 0 unspecified atom stereocenters. The zero-order chi connectivity index (χ0) is 16.2. The Morgan fingerprint density at radius 1 is 1.45 bits per heavy atom. The van der Waals surface area contributed by atoms with Crippen LogP contribution in [-0.2, 0) is 24.3 Å². The zero-order valence-corrected chi connectivity index (χ0v) is 13.1. The van der Waals surface area contributed by atoms with Crippen LogP contribution in [0.25, 0.3) is 0 Å². The minimum Gasteiger partial charge on any atom is -0.480 e. The van der Waals surface area contributed by atoms with Gasteiger partial charge in [0.25, 0.3) is 0 Å². The summed E-state index contributed by atoms with van der Waals surface area (Å²) in [6.45, 7) is 1.97. The number of hydrogen-bond acceptors (Lipinski definition) is 5. The second-order valence-corrected chi connectivity index (χ2v) is 6.88. The summed E-state index contributed by atoms with van der Waals surface area (Å²) in [5.41, 5.74) is 0.666. The molecule has 1 heterocycles. The van der Waals surface area contributed by atoms with Gasteiger partial charge < -0.3 is 14.6 Å². The molecule has 0 bridgehead atoms. The smallest absolute Gasteiger partial charge is 0.329 e. The molecule has 1 aliphatic rings. The predicted octanol–water partition coefficient (Wildman–Crippen LogP) is 0.486. The molecule has 0 saturated carbocycles. The summed E-state index contributed by atoms with van der Waals surface area (Å²) in [7, 11) is -3.67. The lowest BCUT2D eigenvalue weighted by molar-refractivity contribution is -0.143. The first-order valence-electron chi connectivity index (χ1n) is 6.87. The molecule has 1 aliphatic heterocycles. The Morgan fingerprint density at radius 3 is 2.86 bits per heavy atom. The number of hydrogen-bond donors (Lipinski definition) is 1. The van der Waals surface area contributed by atoms with Gasteiger partial charge in [0, 0.05) is 6.54 Å². The minimum atomic E-state index is -3.67. The standard InChI is InChI=1S/C14H19NO6S/c1-11-4-2-3-5-13(11)22(18,19)15-6-7-20-8-12(15)9-21-10-14(16)17/h2-5,12H,6-10H2,1H3,(H,16,17)/t12-/m0/s1. The van der Waals surface area contributed by atoms with E-state index in [9.17, 15) is 13.2 Å². The lowest BCUT2D eigenvalue weighted by Gasteiger charge is -2.34. The number of carbonyl (C=O) groups is 1. The molecule has 0 aliphatic carbocycles. The highest BCUT2D eigenvalue weighted by atomic mass is 32.2. The quantitative estimate of drug-likeness (QED) is 0.816. The van der Waals surface area contributed by atoms with Crippen LogP contribution in [0.5, 0.6) is 0 Å². The highest BCUT2D eigenvalue weighted by molar-refractivity contribution is 7.89. The number of ether oxygens (including phenoxy) is 2. The van der Waals surface area contributed by atoms with E-state index < -0.39 is 28.6 Å². The first kappa shape index (κ1) is 16.9. The van der Waals surface area contributed by atoms with Crippen molar-refractivity contribution in [1.29, 1.82) is 0 Å². The first-order valence-corrected chi connectivity index (χ1v) is 8.31. The van der Waals surface area contributed by atoms with Crippen LogP contribution in [-0.4, -0.2) is 62.8 Å². The van der Waals surface area contributed by atoms with E-state index in [0.717, 1.165) is 0 Å². The summed E-state index contributed by atoms with van der Waals surface area (Å²) in [5, 5.41) is 8.60. The van der Waals surface area contributed by atoms with Crippen molar-refractivity contribution in [2.24, 2.45) is 0 Å². The number of carboxylic acids is 1. The normalized spacial score (nSPS) is 20.0. The maximum atomic E-state index is 12.8. The van der Waals surface area contributed by atoms with E-state index in [-0.39, 0.29) is 24.7 Å². The molecule has 22 heavy (non-hydrogen) atoms. The van der Waals surface area contributed by atoms with Crippen molar-refractivity contribution in [3.8, 4) is 0 Å². The fourth-order valence-corrected chi connectivity index (χ4v) is 4.15. The Morgan fingerprint density at radius 2 is 2.18 bits per heavy atom. The van der Waals surface area contributed by atoms with Crippen molar-refractivity contribution in [3.63, 3.8) is 0 Å². The van der Waals surface area contributed by atoms with Gasteiger partial charge in [-0.25, -0.2) is 13.2 Å². The van der Waals surface area contributed by atoms with E-state index in [0.29, 0.717) is 12.2 Å². The number of aliphatic carboxylic acids is 1. The third kappa shape index (κ3) is 3.83. The van der Waals surface area contributed by atoms with Crippen molar-refractivity contribution < 1.29 is 27.8 Å². The van der Waals surface area contributed by atoms with Gasteiger partial charge in [-0.1, -0.05) is 18.2 Å². The highest BCUT2D eigenvalue weighted by Crippen LogP contribution is 2.23. The van der Waals surface area contributed by atoms with Crippen molar-refractivity contribution >= 4 is 16.0 Å². The van der Waals surface area contributed by atoms with E-state index in [1.54, 1.807) is 31.2 Å². The largest absolute Gasteiger partial charge is 0.480 e. The van der Waals surface area contributed by atoms with E-state index in [4.69, 9.17) is 14.6 Å². The Labute approximate surface area is 129 Å². The van der Waals surface area contributed by atoms with Gasteiger partial charge in [-0.2, -0.15) is 4.31 Å². The minimum absolute atomic E-state index is 0.0165. The van der Waals surface area contributed by atoms with E-state index in [1.807, 2.05) is 0 Å². The summed E-state index contributed by atoms with van der Waals surface area (Å²) in [6.07, 6.45) is 0. The molecule has 2 rings (SSSR count). The summed E-state index contributed by atoms with van der Waals surface area (Å²) in [4.78, 5) is 10.7. The van der Waals surface area contributed by atoms with Gasteiger partial charge in [0.1, 0.15) is 6.61 Å². The van der Waals surface area contributed by atoms with Crippen LogP contribution in [0.2, 0.25) is 0 Å². The lowest BCUT2D eigenvalue weighted by Crippen LogP contribution is -2.51. The molecule has 122 valence electrons. The van der Waals surface area contributed by atoms with Gasteiger partial charge in [-0.05, 0) is 18.6 Å². The van der Waals surface area contributed by atoms with Gasteiger partial charge in [-0.15, -0.1) is 0 Å². The van der Waals surface area contributed by atoms with Crippen LogP contribution in [0.1, 0.15) is 5.56 Å². The number of morpholine rings is 1. The molecule has 0 amide bonds. The number of sulfonamides is 1. The molecule has 1 saturated heterocycles. The second-order valence-electron chi connectivity index (χ2n) is 5.02. The summed E-state index contributed by atoms with van der Waals surface area (Å²) in [6, 6.07) is 6.23. The van der Waals surface area contributed by atoms with Crippen LogP contribution in [0.15, 0.2) is 29.2 Å². The maximum absolute atomic E-state index is 12.8. The number of rotatable bonds is 6. The number of nitrogens with zero attached hydrogens (tertiary/aromatic N) is 1. The van der Waals surface area contributed by atoms with Gasteiger partial charge in [0.05, 0.1) is 30.8 Å². The van der Waals surface area contributed by atoms with Gasteiger partial charge in [0.15, 0.2) is 0 Å². The molecule has 8 heteroatoms. The first-order chi connectivity index (χ1) is 10.4. The highest BCUT2D eigenvalue weighted by Gasteiger charge is 2.35. The molecule has 1 fully saturated rings. The van der Waals surface area contributed by atoms with Crippen molar-refractivity contribution in [1.82, 2.24) is 4.31 Å². The Kier molecular flexibility index (Phi) is 5.52. The summed E-state index contributed by atoms with van der Waals surface area (Å²) in [5.74, 6) is -1.09. The van der Waals surface area contributed by atoms with E-state index in [1.165, 1.54) is 4.31 Å².